The average molecular weight is 396 g/mol. The van der Waals surface area contributed by atoms with Crippen LogP contribution in [0.2, 0.25) is 0 Å². The molecule has 0 unspecified atom stereocenters. The normalized spacial score (nSPS) is 10.7. The van der Waals surface area contributed by atoms with Crippen LogP contribution >= 0.6 is 11.8 Å². The maximum absolute atomic E-state index is 12.4. The van der Waals surface area contributed by atoms with Gasteiger partial charge in [0.05, 0.1) is 5.75 Å². The molecule has 0 aliphatic rings. The Morgan fingerprint density at radius 1 is 1.04 bits per heavy atom. The largest absolute Gasteiger partial charge is 0.372 e. The van der Waals surface area contributed by atoms with Crippen molar-refractivity contribution in [3.8, 4) is 5.69 Å². The second kappa shape index (κ2) is 9.41. The van der Waals surface area contributed by atoms with Crippen molar-refractivity contribution in [1.29, 1.82) is 0 Å². The van der Waals surface area contributed by atoms with Gasteiger partial charge in [-0.1, -0.05) is 30.0 Å². The number of amides is 1. The minimum atomic E-state index is -0.0687. The first-order chi connectivity index (χ1) is 13.6. The number of anilines is 2. The monoisotopic (exact) mass is 395 g/mol. The quantitative estimate of drug-likeness (QED) is 0.581. The smallest absolute Gasteiger partial charge is 0.234 e. The molecule has 0 saturated heterocycles. The Labute approximate surface area is 170 Å². The van der Waals surface area contributed by atoms with E-state index >= 15 is 0 Å². The summed E-state index contributed by atoms with van der Waals surface area (Å²) in [6.07, 6.45) is 0. The fourth-order valence-electron chi connectivity index (χ4n) is 2.98. The highest BCUT2D eigenvalue weighted by atomic mass is 32.2. The van der Waals surface area contributed by atoms with E-state index in [0.29, 0.717) is 5.16 Å². The molecule has 0 radical (unpaired) electrons. The molecule has 7 heteroatoms. The number of hydrogen-bond donors (Lipinski definition) is 1. The summed E-state index contributed by atoms with van der Waals surface area (Å²) in [4.78, 5) is 14.6. The third kappa shape index (κ3) is 4.72. The zero-order valence-electron chi connectivity index (χ0n) is 16.4. The standard InChI is InChI=1S/C21H25N5OS/c1-4-25(5-2)18-13-11-17(12-14-18)22-20(27)15-28-21-24-23-16(3)26(21)19-9-7-6-8-10-19/h6-14H,4-5,15H2,1-3H3,(H,22,27). The third-order valence-corrected chi connectivity index (χ3v) is 5.35. The summed E-state index contributed by atoms with van der Waals surface area (Å²) in [6.45, 7) is 8.08. The highest BCUT2D eigenvalue weighted by Crippen LogP contribution is 2.22. The number of carbonyl (C=O) groups is 1. The number of nitrogens with zero attached hydrogens (tertiary/aromatic N) is 4. The van der Waals surface area contributed by atoms with E-state index in [-0.39, 0.29) is 11.7 Å². The summed E-state index contributed by atoms with van der Waals surface area (Å²) in [5.74, 6) is 0.991. The zero-order valence-corrected chi connectivity index (χ0v) is 17.2. The molecule has 1 aromatic heterocycles. The molecule has 1 N–H and O–H groups in total. The number of benzene rings is 2. The first-order valence-electron chi connectivity index (χ1n) is 9.37. The Morgan fingerprint density at radius 2 is 1.71 bits per heavy atom. The van der Waals surface area contributed by atoms with Crippen molar-refractivity contribution in [3.05, 3.63) is 60.4 Å². The molecular formula is C21H25N5OS. The molecule has 0 fully saturated rings. The van der Waals surface area contributed by atoms with E-state index in [1.54, 1.807) is 0 Å². The second-order valence-corrected chi connectivity index (χ2v) is 7.20. The Morgan fingerprint density at radius 3 is 2.36 bits per heavy atom. The van der Waals surface area contributed by atoms with Crippen LogP contribution in [0, 0.1) is 6.92 Å². The Bertz CT molecular complexity index is 904. The van der Waals surface area contributed by atoms with Crippen LogP contribution in [0.3, 0.4) is 0 Å². The molecule has 0 saturated carbocycles. The van der Waals surface area contributed by atoms with Crippen LogP contribution in [0.1, 0.15) is 19.7 Å². The molecule has 1 heterocycles. The molecule has 1 amide bonds. The summed E-state index contributed by atoms with van der Waals surface area (Å²) in [5, 5.41) is 12.0. The molecule has 0 aliphatic heterocycles. The Balaban J connectivity index is 1.61. The summed E-state index contributed by atoms with van der Waals surface area (Å²) in [5.41, 5.74) is 2.94. The summed E-state index contributed by atoms with van der Waals surface area (Å²) < 4.78 is 1.96. The number of nitrogens with one attached hydrogen (secondary N) is 1. The molecule has 146 valence electrons. The third-order valence-electron chi connectivity index (χ3n) is 4.42. The zero-order chi connectivity index (χ0) is 19.9. The number of hydrogen-bond acceptors (Lipinski definition) is 5. The summed E-state index contributed by atoms with van der Waals surface area (Å²) in [7, 11) is 0. The molecule has 3 aromatic rings. The fraction of sp³-hybridized carbons (Fsp3) is 0.286. The lowest BCUT2D eigenvalue weighted by Gasteiger charge is -2.21. The Kier molecular flexibility index (Phi) is 6.71. The lowest BCUT2D eigenvalue weighted by atomic mass is 10.2. The number of rotatable bonds is 8. The summed E-state index contributed by atoms with van der Waals surface area (Å²) >= 11 is 1.37. The van der Waals surface area contributed by atoms with Crippen LogP contribution in [0.15, 0.2) is 59.8 Å². The number of aryl methyl sites for hydroxylation is 1. The molecule has 0 aliphatic carbocycles. The maximum atomic E-state index is 12.4. The van der Waals surface area contributed by atoms with Gasteiger partial charge in [0.15, 0.2) is 5.16 Å². The number of carbonyl (C=O) groups excluding carboxylic acids is 1. The fourth-order valence-corrected chi connectivity index (χ4v) is 3.78. The van der Waals surface area contributed by atoms with E-state index in [2.05, 4.69) is 34.3 Å². The van der Waals surface area contributed by atoms with E-state index in [1.807, 2.05) is 66.1 Å². The van der Waals surface area contributed by atoms with Crippen molar-refractivity contribution >= 4 is 29.0 Å². The summed E-state index contributed by atoms with van der Waals surface area (Å²) in [6, 6.07) is 17.8. The van der Waals surface area contributed by atoms with Crippen LogP contribution < -0.4 is 10.2 Å². The van der Waals surface area contributed by atoms with Gasteiger partial charge in [0.25, 0.3) is 0 Å². The first-order valence-corrected chi connectivity index (χ1v) is 10.4. The van der Waals surface area contributed by atoms with E-state index in [0.717, 1.165) is 36.0 Å². The SMILES string of the molecule is CCN(CC)c1ccc(NC(=O)CSc2nnc(C)n2-c2ccccc2)cc1. The van der Waals surface area contributed by atoms with Crippen molar-refractivity contribution in [2.24, 2.45) is 0 Å². The molecule has 6 nitrogen and oxygen atoms in total. The van der Waals surface area contributed by atoms with Crippen molar-refractivity contribution in [3.63, 3.8) is 0 Å². The van der Waals surface area contributed by atoms with E-state index in [9.17, 15) is 4.79 Å². The average Bonchev–Trinajstić information content (AvgIpc) is 3.09. The molecule has 2 aromatic carbocycles. The minimum Gasteiger partial charge on any atom is -0.372 e. The van der Waals surface area contributed by atoms with Gasteiger partial charge in [0.1, 0.15) is 5.82 Å². The minimum absolute atomic E-state index is 0.0687. The predicted molar refractivity (Wildman–Crippen MR) is 115 cm³/mol. The lowest BCUT2D eigenvalue weighted by Crippen LogP contribution is -2.21. The van der Waals surface area contributed by atoms with Crippen molar-refractivity contribution in [1.82, 2.24) is 14.8 Å². The van der Waals surface area contributed by atoms with Gasteiger partial charge in [0, 0.05) is 30.2 Å². The van der Waals surface area contributed by atoms with Crippen LogP contribution in [0.5, 0.6) is 0 Å². The highest BCUT2D eigenvalue weighted by Gasteiger charge is 2.13. The molecule has 3 rings (SSSR count). The van der Waals surface area contributed by atoms with Crippen LogP contribution in [-0.2, 0) is 4.79 Å². The van der Waals surface area contributed by atoms with Gasteiger partial charge < -0.3 is 10.2 Å². The molecule has 28 heavy (non-hydrogen) atoms. The van der Waals surface area contributed by atoms with Gasteiger partial charge in [-0.3, -0.25) is 9.36 Å². The number of thioether (sulfide) groups is 1. The van der Waals surface area contributed by atoms with E-state index < -0.39 is 0 Å². The first kappa shape index (κ1) is 19.9. The number of para-hydroxylation sites is 1. The maximum Gasteiger partial charge on any atom is 0.234 e. The van der Waals surface area contributed by atoms with Crippen LogP contribution in [-0.4, -0.2) is 39.5 Å². The van der Waals surface area contributed by atoms with Gasteiger partial charge in [-0.2, -0.15) is 0 Å². The van der Waals surface area contributed by atoms with Crippen molar-refractivity contribution < 1.29 is 4.79 Å². The van der Waals surface area contributed by atoms with Gasteiger partial charge in [0.2, 0.25) is 5.91 Å². The van der Waals surface area contributed by atoms with Gasteiger partial charge in [-0.05, 0) is 57.2 Å². The lowest BCUT2D eigenvalue weighted by molar-refractivity contribution is -0.113. The number of aromatic nitrogens is 3. The molecule has 0 bridgehead atoms. The van der Waals surface area contributed by atoms with Crippen LogP contribution in [0.4, 0.5) is 11.4 Å². The van der Waals surface area contributed by atoms with Crippen molar-refractivity contribution in [2.45, 2.75) is 25.9 Å². The van der Waals surface area contributed by atoms with Crippen LogP contribution in [0.25, 0.3) is 5.69 Å². The second-order valence-electron chi connectivity index (χ2n) is 6.26. The Hall–Kier alpha value is -2.80. The molecule has 0 atom stereocenters. The van der Waals surface area contributed by atoms with E-state index in [1.165, 1.54) is 11.8 Å². The molecular weight excluding hydrogens is 370 g/mol. The van der Waals surface area contributed by atoms with Gasteiger partial charge >= 0.3 is 0 Å². The van der Waals surface area contributed by atoms with Gasteiger partial charge in [-0.25, -0.2) is 0 Å². The molecule has 0 spiro atoms. The predicted octanol–water partition coefficient (Wildman–Crippen LogP) is 4.15. The topological polar surface area (TPSA) is 63.1 Å². The van der Waals surface area contributed by atoms with Crippen molar-refractivity contribution in [2.75, 3.05) is 29.1 Å². The van der Waals surface area contributed by atoms with E-state index in [4.69, 9.17) is 0 Å². The van der Waals surface area contributed by atoms with Gasteiger partial charge in [-0.15, -0.1) is 10.2 Å². The highest BCUT2D eigenvalue weighted by molar-refractivity contribution is 7.99.